The van der Waals surface area contributed by atoms with Gasteiger partial charge in [-0.05, 0) is 31.2 Å². The summed E-state index contributed by atoms with van der Waals surface area (Å²) in [4.78, 5) is -0.0287. The van der Waals surface area contributed by atoms with Crippen LogP contribution >= 0.6 is 23.2 Å². The highest BCUT2D eigenvalue weighted by molar-refractivity contribution is 7.89. The Hall–Kier alpha value is -1.08. The van der Waals surface area contributed by atoms with Crippen molar-refractivity contribution in [2.75, 3.05) is 0 Å². The summed E-state index contributed by atoms with van der Waals surface area (Å²) < 4.78 is 28.7. The van der Waals surface area contributed by atoms with Crippen LogP contribution < -0.4 is 4.72 Å². The lowest BCUT2D eigenvalue weighted by Gasteiger charge is -2.15. The molecule has 5 nitrogen and oxygen atoms in total. The topological polar surface area (TPSA) is 64.0 Å². The van der Waals surface area contributed by atoms with Crippen LogP contribution in [0.3, 0.4) is 0 Å². The SMILES string of the molecule is CC(Cn1cccn1)NS(=O)(=O)c1cc(Cl)ccc1Cl. The van der Waals surface area contributed by atoms with E-state index in [1.54, 1.807) is 30.1 Å². The molecule has 1 N–H and O–H groups in total. The van der Waals surface area contributed by atoms with E-state index in [1.165, 1.54) is 18.2 Å². The van der Waals surface area contributed by atoms with Crippen LogP contribution in [0, 0.1) is 0 Å². The predicted molar refractivity (Wildman–Crippen MR) is 78.5 cm³/mol. The Morgan fingerprint density at radius 1 is 1.40 bits per heavy atom. The predicted octanol–water partition coefficient (Wildman–Crippen LogP) is 2.56. The number of sulfonamides is 1. The standard InChI is InChI=1S/C12H13Cl2N3O2S/c1-9(8-17-6-2-5-15-17)16-20(18,19)12-7-10(13)3-4-11(12)14/h2-7,9,16H,8H2,1H3. The van der Waals surface area contributed by atoms with Crippen LogP contribution in [0.1, 0.15) is 6.92 Å². The average Bonchev–Trinajstić information content (AvgIpc) is 2.84. The van der Waals surface area contributed by atoms with Gasteiger partial charge in [0, 0.05) is 23.5 Å². The maximum Gasteiger partial charge on any atom is 0.242 e. The molecule has 0 spiro atoms. The Morgan fingerprint density at radius 2 is 2.15 bits per heavy atom. The molecule has 1 aromatic carbocycles. The second-order valence-corrected chi connectivity index (χ2v) is 6.85. The van der Waals surface area contributed by atoms with Crippen molar-refractivity contribution >= 4 is 33.2 Å². The Labute approximate surface area is 127 Å². The Bertz CT molecular complexity index is 687. The number of nitrogens with one attached hydrogen (secondary N) is 1. The molecule has 0 aliphatic carbocycles. The molecule has 1 unspecified atom stereocenters. The van der Waals surface area contributed by atoms with Gasteiger partial charge in [0.15, 0.2) is 0 Å². The van der Waals surface area contributed by atoms with Crippen LogP contribution in [0.25, 0.3) is 0 Å². The molecule has 0 saturated carbocycles. The van der Waals surface area contributed by atoms with E-state index in [-0.39, 0.29) is 16.0 Å². The summed E-state index contributed by atoms with van der Waals surface area (Å²) in [5.74, 6) is 0. The quantitative estimate of drug-likeness (QED) is 0.914. The molecule has 0 bridgehead atoms. The zero-order chi connectivity index (χ0) is 14.8. The fourth-order valence-electron chi connectivity index (χ4n) is 1.74. The lowest BCUT2D eigenvalue weighted by Crippen LogP contribution is -2.35. The van der Waals surface area contributed by atoms with Crippen molar-refractivity contribution in [3.63, 3.8) is 0 Å². The van der Waals surface area contributed by atoms with Crippen LogP contribution in [0.2, 0.25) is 10.0 Å². The summed E-state index contributed by atoms with van der Waals surface area (Å²) in [6.07, 6.45) is 3.40. The maximum absolute atomic E-state index is 12.3. The normalized spacial score (nSPS) is 13.3. The molecule has 1 atom stereocenters. The fourth-order valence-corrected chi connectivity index (χ4v) is 3.73. The molecule has 1 aromatic heterocycles. The van der Waals surface area contributed by atoms with Gasteiger partial charge in [-0.15, -0.1) is 0 Å². The Kier molecular flexibility index (Phi) is 4.70. The van der Waals surface area contributed by atoms with Gasteiger partial charge in [-0.25, -0.2) is 13.1 Å². The zero-order valence-corrected chi connectivity index (χ0v) is 13.0. The molecule has 0 radical (unpaired) electrons. The summed E-state index contributed by atoms with van der Waals surface area (Å²) in [6, 6.07) is 5.75. The van der Waals surface area contributed by atoms with E-state index in [0.29, 0.717) is 11.6 Å². The highest BCUT2D eigenvalue weighted by Gasteiger charge is 2.21. The smallest absolute Gasteiger partial charge is 0.242 e. The van der Waals surface area contributed by atoms with E-state index in [9.17, 15) is 8.42 Å². The van der Waals surface area contributed by atoms with Gasteiger partial charge in [0.1, 0.15) is 4.90 Å². The fraction of sp³-hybridized carbons (Fsp3) is 0.250. The van der Waals surface area contributed by atoms with Crippen LogP contribution in [0.5, 0.6) is 0 Å². The molecule has 2 rings (SSSR count). The van der Waals surface area contributed by atoms with Gasteiger partial charge in [-0.3, -0.25) is 4.68 Å². The van der Waals surface area contributed by atoms with Gasteiger partial charge >= 0.3 is 0 Å². The molecule has 0 fully saturated rings. The van der Waals surface area contributed by atoms with Gasteiger partial charge in [0.2, 0.25) is 10.0 Å². The van der Waals surface area contributed by atoms with Gasteiger partial charge < -0.3 is 0 Å². The number of aromatic nitrogens is 2. The van der Waals surface area contributed by atoms with E-state index in [0.717, 1.165) is 0 Å². The van der Waals surface area contributed by atoms with E-state index >= 15 is 0 Å². The summed E-state index contributed by atoms with van der Waals surface area (Å²) in [5.41, 5.74) is 0. The zero-order valence-electron chi connectivity index (χ0n) is 10.6. The molecule has 108 valence electrons. The number of nitrogens with zero attached hydrogens (tertiary/aromatic N) is 2. The second kappa shape index (κ2) is 6.13. The maximum atomic E-state index is 12.3. The molecule has 2 aromatic rings. The molecule has 8 heteroatoms. The lowest BCUT2D eigenvalue weighted by molar-refractivity contribution is 0.494. The van der Waals surface area contributed by atoms with Gasteiger partial charge in [0.05, 0.1) is 11.6 Å². The first-order valence-corrected chi connectivity index (χ1v) is 8.07. The van der Waals surface area contributed by atoms with Crippen molar-refractivity contribution in [3.05, 3.63) is 46.7 Å². The van der Waals surface area contributed by atoms with Crippen molar-refractivity contribution < 1.29 is 8.42 Å². The largest absolute Gasteiger partial charge is 0.271 e. The molecule has 0 amide bonds. The van der Waals surface area contributed by atoms with Crippen molar-refractivity contribution in [2.45, 2.75) is 24.4 Å². The lowest BCUT2D eigenvalue weighted by atomic mass is 10.4. The monoisotopic (exact) mass is 333 g/mol. The van der Waals surface area contributed by atoms with Crippen molar-refractivity contribution in [1.82, 2.24) is 14.5 Å². The Morgan fingerprint density at radius 3 is 2.80 bits per heavy atom. The van der Waals surface area contributed by atoms with E-state index < -0.39 is 10.0 Å². The molecule has 1 heterocycles. The van der Waals surface area contributed by atoms with E-state index in [1.807, 2.05) is 0 Å². The minimum atomic E-state index is -3.72. The second-order valence-electron chi connectivity index (χ2n) is 4.33. The van der Waals surface area contributed by atoms with E-state index in [4.69, 9.17) is 23.2 Å². The van der Waals surface area contributed by atoms with Crippen molar-refractivity contribution in [1.29, 1.82) is 0 Å². The van der Waals surface area contributed by atoms with Gasteiger partial charge in [0.25, 0.3) is 0 Å². The molecular formula is C12H13Cl2N3O2S. The summed E-state index contributed by atoms with van der Waals surface area (Å²) >= 11 is 11.7. The molecule has 0 saturated heterocycles. The third kappa shape index (κ3) is 3.73. The van der Waals surface area contributed by atoms with Gasteiger partial charge in [-0.2, -0.15) is 5.10 Å². The number of hydrogen-bond acceptors (Lipinski definition) is 3. The van der Waals surface area contributed by atoms with E-state index in [2.05, 4.69) is 9.82 Å². The Balaban J connectivity index is 2.16. The van der Waals surface area contributed by atoms with Crippen LogP contribution in [0.4, 0.5) is 0 Å². The first-order chi connectivity index (χ1) is 9.38. The minimum absolute atomic E-state index is 0.0287. The summed E-state index contributed by atoms with van der Waals surface area (Å²) in [7, 11) is -3.72. The minimum Gasteiger partial charge on any atom is -0.271 e. The first-order valence-electron chi connectivity index (χ1n) is 5.83. The molecule has 0 aliphatic heterocycles. The summed E-state index contributed by atoms with van der Waals surface area (Å²) in [6.45, 7) is 2.17. The third-order valence-corrected chi connectivity index (χ3v) is 4.87. The molecule has 20 heavy (non-hydrogen) atoms. The van der Waals surface area contributed by atoms with Crippen LogP contribution in [-0.2, 0) is 16.6 Å². The highest BCUT2D eigenvalue weighted by atomic mass is 35.5. The van der Waals surface area contributed by atoms with Crippen LogP contribution in [0.15, 0.2) is 41.6 Å². The first kappa shape index (κ1) is 15.3. The molecule has 0 aliphatic rings. The highest BCUT2D eigenvalue weighted by Crippen LogP contribution is 2.25. The number of benzene rings is 1. The van der Waals surface area contributed by atoms with Crippen LogP contribution in [-0.4, -0.2) is 24.2 Å². The number of hydrogen-bond donors (Lipinski definition) is 1. The van der Waals surface area contributed by atoms with Crippen molar-refractivity contribution in [2.24, 2.45) is 0 Å². The van der Waals surface area contributed by atoms with Gasteiger partial charge in [-0.1, -0.05) is 23.2 Å². The average molecular weight is 334 g/mol. The third-order valence-electron chi connectivity index (χ3n) is 2.56. The number of halogens is 2. The summed E-state index contributed by atoms with van der Waals surface area (Å²) in [5, 5.41) is 4.47. The number of rotatable bonds is 5. The van der Waals surface area contributed by atoms with Crippen molar-refractivity contribution in [3.8, 4) is 0 Å². The molecular weight excluding hydrogens is 321 g/mol.